The molecule has 1 aliphatic heterocycles. The van der Waals surface area contributed by atoms with Gasteiger partial charge >= 0.3 is 0 Å². The fourth-order valence-corrected chi connectivity index (χ4v) is 2.06. The van der Waals surface area contributed by atoms with Crippen LogP contribution in [0.3, 0.4) is 0 Å². The number of rotatable bonds is 7. The summed E-state index contributed by atoms with van der Waals surface area (Å²) in [6.45, 7) is 1.80. The van der Waals surface area contributed by atoms with Gasteiger partial charge in [0.25, 0.3) is 0 Å². The molecule has 2 aromatic rings. The second-order valence-electron chi connectivity index (χ2n) is 4.93. The molecule has 1 saturated heterocycles. The van der Waals surface area contributed by atoms with Crippen LogP contribution in [0.4, 0.5) is 0 Å². The maximum absolute atomic E-state index is 9.83. The Bertz CT molecular complexity index is 560. The van der Waals surface area contributed by atoms with Crippen molar-refractivity contribution < 1.29 is 19.3 Å². The summed E-state index contributed by atoms with van der Waals surface area (Å²) in [7, 11) is 0. The Hall–Kier alpha value is -1.62. The Morgan fingerprint density at radius 2 is 1.95 bits per heavy atom. The Balaban J connectivity index is 1.53. The maximum Gasteiger partial charge on any atom is 0.127 e. The highest BCUT2D eigenvalue weighted by atomic mass is 16.6. The number of aliphatic hydroxyl groups excluding tert-OH is 1. The van der Waals surface area contributed by atoms with Gasteiger partial charge < -0.3 is 19.3 Å². The number of fused-ring (bicyclic) bond motifs is 1. The average Bonchev–Trinajstić information content (AvgIpc) is 3.29. The van der Waals surface area contributed by atoms with Gasteiger partial charge in [-0.05, 0) is 11.5 Å². The van der Waals surface area contributed by atoms with Crippen molar-refractivity contribution in [3.05, 3.63) is 42.5 Å². The lowest BCUT2D eigenvalue weighted by Gasteiger charge is -2.14. The van der Waals surface area contributed by atoms with Crippen molar-refractivity contribution in [3.8, 4) is 5.75 Å². The molecule has 0 aliphatic carbocycles. The topological polar surface area (TPSA) is 51.2 Å². The SMILES string of the molecule is OC(COCC1CO1)COc1cccc2ccccc12. The minimum Gasteiger partial charge on any atom is -0.490 e. The van der Waals surface area contributed by atoms with Crippen LogP contribution in [0, 0.1) is 0 Å². The van der Waals surface area contributed by atoms with E-state index in [1.807, 2.05) is 42.5 Å². The van der Waals surface area contributed by atoms with Crippen LogP contribution in [0.15, 0.2) is 42.5 Å². The Labute approximate surface area is 117 Å². The number of epoxide rings is 1. The molecular formula is C16H18O4. The second-order valence-corrected chi connectivity index (χ2v) is 4.93. The molecule has 4 nitrogen and oxygen atoms in total. The monoisotopic (exact) mass is 274 g/mol. The first-order valence-corrected chi connectivity index (χ1v) is 6.81. The predicted molar refractivity (Wildman–Crippen MR) is 76.0 cm³/mol. The van der Waals surface area contributed by atoms with Gasteiger partial charge in [0.1, 0.15) is 24.6 Å². The third-order valence-electron chi connectivity index (χ3n) is 3.20. The molecule has 0 amide bonds. The van der Waals surface area contributed by atoms with Gasteiger partial charge in [0, 0.05) is 5.39 Å². The van der Waals surface area contributed by atoms with E-state index >= 15 is 0 Å². The van der Waals surface area contributed by atoms with E-state index in [1.165, 1.54) is 0 Å². The predicted octanol–water partition coefficient (Wildman–Crippen LogP) is 1.99. The molecule has 0 radical (unpaired) electrons. The van der Waals surface area contributed by atoms with E-state index in [9.17, 15) is 5.11 Å². The molecule has 0 aromatic heterocycles. The van der Waals surface area contributed by atoms with Crippen molar-refractivity contribution in [3.63, 3.8) is 0 Å². The Kier molecular flexibility index (Phi) is 4.16. The van der Waals surface area contributed by atoms with Crippen LogP contribution >= 0.6 is 0 Å². The molecule has 2 unspecified atom stereocenters. The molecule has 20 heavy (non-hydrogen) atoms. The molecule has 1 aliphatic rings. The minimum atomic E-state index is -0.632. The number of hydrogen-bond acceptors (Lipinski definition) is 4. The van der Waals surface area contributed by atoms with Crippen LogP contribution < -0.4 is 4.74 Å². The van der Waals surface area contributed by atoms with Crippen LogP contribution in [0.25, 0.3) is 10.8 Å². The van der Waals surface area contributed by atoms with E-state index in [0.29, 0.717) is 6.61 Å². The Morgan fingerprint density at radius 1 is 1.15 bits per heavy atom. The van der Waals surface area contributed by atoms with Crippen molar-refractivity contribution in [1.29, 1.82) is 0 Å². The third-order valence-corrected chi connectivity index (χ3v) is 3.20. The molecule has 3 rings (SSSR count). The highest BCUT2D eigenvalue weighted by molar-refractivity contribution is 5.88. The van der Waals surface area contributed by atoms with Gasteiger partial charge in [-0.15, -0.1) is 0 Å². The van der Waals surface area contributed by atoms with Crippen molar-refractivity contribution in [2.45, 2.75) is 12.2 Å². The molecule has 1 heterocycles. The fraction of sp³-hybridized carbons (Fsp3) is 0.375. The third kappa shape index (κ3) is 3.48. The zero-order valence-electron chi connectivity index (χ0n) is 11.2. The quantitative estimate of drug-likeness (QED) is 0.785. The molecule has 0 spiro atoms. The van der Waals surface area contributed by atoms with Gasteiger partial charge in [0.15, 0.2) is 0 Å². The number of benzene rings is 2. The standard InChI is InChI=1S/C16H18O4/c17-13(8-18-10-14-11-19-14)9-20-16-7-3-5-12-4-1-2-6-15(12)16/h1-7,13-14,17H,8-11H2. The van der Waals surface area contributed by atoms with E-state index in [2.05, 4.69) is 0 Å². The zero-order chi connectivity index (χ0) is 13.8. The van der Waals surface area contributed by atoms with Gasteiger partial charge in [-0.1, -0.05) is 36.4 Å². The number of ether oxygens (including phenoxy) is 3. The van der Waals surface area contributed by atoms with Crippen molar-refractivity contribution in [1.82, 2.24) is 0 Å². The molecule has 1 N–H and O–H groups in total. The van der Waals surface area contributed by atoms with Gasteiger partial charge in [-0.3, -0.25) is 0 Å². The van der Waals surface area contributed by atoms with Crippen LogP contribution in [-0.4, -0.2) is 43.7 Å². The van der Waals surface area contributed by atoms with E-state index in [1.54, 1.807) is 0 Å². The average molecular weight is 274 g/mol. The molecule has 1 fully saturated rings. The normalized spacial score (nSPS) is 18.9. The lowest BCUT2D eigenvalue weighted by molar-refractivity contribution is 0.00788. The summed E-state index contributed by atoms with van der Waals surface area (Å²) in [5.41, 5.74) is 0. The van der Waals surface area contributed by atoms with Gasteiger partial charge in [0.2, 0.25) is 0 Å². The van der Waals surface area contributed by atoms with E-state index in [0.717, 1.165) is 23.1 Å². The summed E-state index contributed by atoms with van der Waals surface area (Å²) in [6.07, 6.45) is -0.408. The van der Waals surface area contributed by atoms with E-state index in [4.69, 9.17) is 14.2 Å². The number of hydrogen-bond donors (Lipinski definition) is 1. The van der Waals surface area contributed by atoms with Gasteiger partial charge in [0.05, 0.1) is 19.8 Å². The smallest absolute Gasteiger partial charge is 0.127 e. The number of aliphatic hydroxyl groups is 1. The van der Waals surface area contributed by atoms with Crippen molar-refractivity contribution in [2.24, 2.45) is 0 Å². The Morgan fingerprint density at radius 3 is 2.80 bits per heavy atom. The fourth-order valence-electron chi connectivity index (χ4n) is 2.06. The largest absolute Gasteiger partial charge is 0.490 e. The molecule has 106 valence electrons. The van der Waals surface area contributed by atoms with Crippen LogP contribution in [0.2, 0.25) is 0 Å². The molecule has 2 atom stereocenters. The van der Waals surface area contributed by atoms with Crippen molar-refractivity contribution >= 4 is 10.8 Å². The van der Waals surface area contributed by atoms with Gasteiger partial charge in [-0.25, -0.2) is 0 Å². The lowest BCUT2D eigenvalue weighted by atomic mass is 10.1. The van der Waals surface area contributed by atoms with Crippen LogP contribution in [0.1, 0.15) is 0 Å². The van der Waals surface area contributed by atoms with E-state index in [-0.39, 0.29) is 19.3 Å². The zero-order valence-corrected chi connectivity index (χ0v) is 11.2. The summed E-state index contributed by atoms with van der Waals surface area (Å²) in [6, 6.07) is 13.9. The second kappa shape index (κ2) is 6.22. The summed E-state index contributed by atoms with van der Waals surface area (Å²) in [4.78, 5) is 0. The molecular weight excluding hydrogens is 256 g/mol. The molecule has 2 aromatic carbocycles. The summed E-state index contributed by atoms with van der Waals surface area (Å²) in [5, 5.41) is 12.0. The van der Waals surface area contributed by atoms with Crippen LogP contribution in [-0.2, 0) is 9.47 Å². The first-order chi connectivity index (χ1) is 9.83. The van der Waals surface area contributed by atoms with E-state index < -0.39 is 6.10 Å². The molecule has 0 bridgehead atoms. The highest BCUT2D eigenvalue weighted by Gasteiger charge is 2.22. The summed E-state index contributed by atoms with van der Waals surface area (Å²) in [5.74, 6) is 0.785. The van der Waals surface area contributed by atoms with Gasteiger partial charge in [-0.2, -0.15) is 0 Å². The maximum atomic E-state index is 9.83. The first-order valence-electron chi connectivity index (χ1n) is 6.81. The first kappa shape index (κ1) is 13.4. The molecule has 0 saturated carbocycles. The minimum absolute atomic E-state index is 0.222. The highest BCUT2D eigenvalue weighted by Crippen LogP contribution is 2.25. The summed E-state index contributed by atoms with van der Waals surface area (Å²) < 4.78 is 16.1. The summed E-state index contributed by atoms with van der Waals surface area (Å²) >= 11 is 0. The lowest BCUT2D eigenvalue weighted by Crippen LogP contribution is -2.24. The molecule has 4 heteroatoms. The van der Waals surface area contributed by atoms with Crippen LogP contribution in [0.5, 0.6) is 5.75 Å². The van der Waals surface area contributed by atoms with Crippen molar-refractivity contribution in [2.75, 3.05) is 26.4 Å².